The molecule has 2 rings (SSSR count). The molecule has 2 aromatic rings. The summed E-state index contributed by atoms with van der Waals surface area (Å²) in [6.45, 7) is 4.85. The first-order valence-electron chi connectivity index (χ1n) is 8.34. The van der Waals surface area contributed by atoms with E-state index in [1.165, 1.54) is 16.1 Å². The van der Waals surface area contributed by atoms with Crippen molar-refractivity contribution in [3.63, 3.8) is 0 Å². The Bertz CT molecular complexity index is 828. The third-order valence-electron chi connectivity index (χ3n) is 3.87. The van der Waals surface area contributed by atoms with Crippen molar-refractivity contribution in [3.05, 3.63) is 42.2 Å². The molecule has 0 fully saturated rings. The fourth-order valence-electron chi connectivity index (χ4n) is 2.36. The van der Waals surface area contributed by atoms with E-state index in [9.17, 15) is 13.2 Å². The Morgan fingerprint density at radius 3 is 2.42 bits per heavy atom. The van der Waals surface area contributed by atoms with E-state index in [4.69, 9.17) is 0 Å². The van der Waals surface area contributed by atoms with Crippen LogP contribution in [0.5, 0.6) is 0 Å². The first-order chi connectivity index (χ1) is 12.4. The fourth-order valence-corrected chi connectivity index (χ4v) is 4.58. The maximum absolute atomic E-state index is 12.4. The highest BCUT2D eigenvalue weighted by atomic mass is 32.2. The topological polar surface area (TPSA) is 84.3 Å². The lowest BCUT2D eigenvalue weighted by molar-refractivity contribution is -0.118. The van der Waals surface area contributed by atoms with Crippen molar-refractivity contribution in [1.82, 2.24) is 19.2 Å². The summed E-state index contributed by atoms with van der Waals surface area (Å²) in [4.78, 5) is 16.4. The summed E-state index contributed by atoms with van der Waals surface area (Å²) in [6, 6.07) is 6.61. The minimum atomic E-state index is -3.45. The van der Waals surface area contributed by atoms with Crippen LogP contribution in [0.4, 0.5) is 0 Å². The van der Waals surface area contributed by atoms with Crippen LogP contribution >= 0.6 is 11.8 Å². The van der Waals surface area contributed by atoms with Gasteiger partial charge in [-0.15, -0.1) is 0 Å². The summed E-state index contributed by atoms with van der Waals surface area (Å²) in [7, 11) is -1.58. The van der Waals surface area contributed by atoms with Crippen LogP contribution in [0.1, 0.15) is 19.4 Å². The minimum Gasteiger partial charge on any atom is -0.351 e. The van der Waals surface area contributed by atoms with Crippen LogP contribution in [0, 0.1) is 0 Å². The number of imidazole rings is 1. The van der Waals surface area contributed by atoms with Gasteiger partial charge < -0.3 is 9.88 Å². The minimum absolute atomic E-state index is 0.0992. The van der Waals surface area contributed by atoms with Crippen molar-refractivity contribution in [1.29, 1.82) is 0 Å². The predicted molar refractivity (Wildman–Crippen MR) is 102 cm³/mol. The third kappa shape index (κ3) is 5.09. The Morgan fingerprint density at radius 1 is 1.23 bits per heavy atom. The molecule has 142 valence electrons. The zero-order valence-electron chi connectivity index (χ0n) is 15.2. The number of rotatable bonds is 9. The van der Waals surface area contributed by atoms with Gasteiger partial charge in [0.15, 0.2) is 5.16 Å². The van der Waals surface area contributed by atoms with Crippen LogP contribution in [0.3, 0.4) is 0 Å². The number of sulfonamides is 1. The SMILES string of the molecule is CCN(CC)S(=O)(=O)c1ccc(CNC(=O)CSc2nccn2C)cc1. The maximum Gasteiger partial charge on any atom is 0.243 e. The Balaban J connectivity index is 1.89. The molecule has 0 radical (unpaired) electrons. The van der Waals surface area contributed by atoms with Gasteiger partial charge in [0.25, 0.3) is 0 Å². The largest absolute Gasteiger partial charge is 0.351 e. The lowest BCUT2D eigenvalue weighted by atomic mass is 10.2. The molecule has 0 bridgehead atoms. The number of amides is 1. The van der Waals surface area contributed by atoms with Gasteiger partial charge in [-0.3, -0.25) is 4.79 Å². The second-order valence-corrected chi connectivity index (χ2v) is 8.50. The zero-order chi connectivity index (χ0) is 19.2. The molecule has 0 saturated carbocycles. The quantitative estimate of drug-likeness (QED) is 0.654. The number of aromatic nitrogens is 2. The summed E-state index contributed by atoms with van der Waals surface area (Å²) in [5, 5.41) is 3.61. The molecule has 1 N–H and O–H groups in total. The van der Waals surface area contributed by atoms with Crippen LogP contribution in [0.15, 0.2) is 46.7 Å². The molecule has 0 spiro atoms. The van der Waals surface area contributed by atoms with Crippen molar-refractivity contribution in [3.8, 4) is 0 Å². The predicted octanol–water partition coefficient (Wildman–Crippen LogP) is 1.86. The highest BCUT2D eigenvalue weighted by Gasteiger charge is 2.21. The smallest absolute Gasteiger partial charge is 0.243 e. The molecule has 26 heavy (non-hydrogen) atoms. The number of thioether (sulfide) groups is 1. The summed E-state index contributed by atoms with van der Waals surface area (Å²) < 4.78 is 28.2. The Morgan fingerprint density at radius 2 is 1.88 bits per heavy atom. The van der Waals surface area contributed by atoms with Crippen LogP contribution in [0.2, 0.25) is 0 Å². The molecule has 1 amide bonds. The number of hydrogen-bond donors (Lipinski definition) is 1. The zero-order valence-corrected chi connectivity index (χ0v) is 16.8. The number of carbonyl (C=O) groups is 1. The number of nitrogens with one attached hydrogen (secondary N) is 1. The van der Waals surface area contributed by atoms with E-state index >= 15 is 0 Å². The van der Waals surface area contributed by atoms with Gasteiger partial charge in [0.05, 0.1) is 10.6 Å². The summed E-state index contributed by atoms with van der Waals surface area (Å²) >= 11 is 1.37. The molecule has 0 aliphatic heterocycles. The van der Waals surface area contributed by atoms with Crippen LogP contribution < -0.4 is 5.32 Å². The van der Waals surface area contributed by atoms with Crippen molar-refractivity contribution in [2.45, 2.75) is 30.4 Å². The Hall–Kier alpha value is -1.84. The third-order valence-corrected chi connectivity index (χ3v) is 6.99. The highest BCUT2D eigenvalue weighted by Crippen LogP contribution is 2.16. The molecule has 0 aliphatic carbocycles. The molecule has 1 aromatic carbocycles. The second-order valence-electron chi connectivity index (χ2n) is 5.62. The summed E-state index contributed by atoms with van der Waals surface area (Å²) in [5.41, 5.74) is 0.846. The van der Waals surface area contributed by atoms with E-state index in [0.717, 1.165) is 10.7 Å². The maximum atomic E-state index is 12.4. The van der Waals surface area contributed by atoms with Crippen LogP contribution in [0.25, 0.3) is 0 Å². The lowest BCUT2D eigenvalue weighted by Gasteiger charge is -2.18. The van der Waals surface area contributed by atoms with Crippen molar-refractivity contribution >= 4 is 27.7 Å². The summed E-state index contributed by atoms with van der Waals surface area (Å²) in [5.74, 6) is 0.178. The van der Waals surface area contributed by atoms with Crippen molar-refractivity contribution in [2.75, 3.05) is 18.8 Å². The fraction of sp³-hybridized carbons (Fsp3) is 0.412. The van der Waals surface area contributed by atoms with E-state index in [1.807, 2.05) is 31.7 Å². The van der Waals surface area contributed by atoms with Crippen molar-refractivity contribution in [2.24, 2.45) is 7.05 Å². The number of hydrogen-bond acceptors (Lipinski definition) is 5. The monoisotopic (exact) mass is 396 g/mol. The Labute approximate surface area is 158 Å². The average molecular weight is 397 g/mol. The van der Waals surface area contributed by atoms with Gasteiger partial charge in [-0.05, 0) is 17.7 Å². The molecule has 1 aromatic heterocycles. The Kier molecular flexibility index (Phi) is 7.24. The number of carbonyl (C=O) groups excluding carboxylic acids is 1. The first-order valence-corrected chi connectivity index (χ1v) is 10.8. The molecule has 0 saturated heterocycles. The van der Waals surface area contributed by atoms with Gasteiger partial charge >= 0.3 is 0 Å². The van der Waals surface area contributed by atoms with Gasteiger partial charge in [-0.1, -0.05) is 37.7 Å². The van der Waals surface area contributed by atoms with E-state index < -0.39 is 10.0 Å². The van der Waals surface area contributed by atoms with Crippen molar-refractivity contribution < 1.29 is 13.2 Å². The molecule has 7 nitrogen and oxygen atoms in total. The van der Waals surface area contributed by atoms with Gasteiger partial charge in [0, 0.05) is 39.1 Å². The van der Waals surface area contributed by atoms with Gasteiger partial charge in [0.1, 0.15) is 0 Å². The first kappa shape index (κ1) is 20.5. The van der Waals surface area contributed by atoms with Gasteiger partial charge in [-0.2, -0.15) is 4.31 Å². The molecule has 0 unspecified atom stereocenters. The normalized spacial score (nSPS) is 11.7. The number of benzene rings is 1. The molecule has 0 aliphatic rings. The number of nitrogens with zero attached hydrogens (tertiary/aromatic N) is 3. The van der Waals surface area contributed by atoms with E-state index in [1.54, 1.807) is 30.5 Å². The second kappa shape index (κ2) is 9.20. The molecule has 1 heterocycles. The van der Waals surface area contributed by atoms with E-state index in [-0.39, 0.29) is 16.6 Å². The number of aryl methyl sites for hydroxylation is 1. The molecule has 9 heteroatoms. The standard InChI is InChI=1S/C17H24N4O3S2/c1-4-21(5-2)26(23,24)15-8-6-14(7-9-15)12-19-16(22)13-25-17-18-10-11-20(17)3/h6-11H,4-5,12-13H2,1-3H3,(H,19,22). The van der Waals surface area contributed by atoms with E-state index in [2.05, 4.69) is 10.3 Å². The highest BCUT2D eigenvalue weighted by molar-refractivity contribution is 7.99. The van der Waals surface area contributed by atoms with Gasteiger partial charge in [-0.25, -0.2) is 13.4 Å². The van der Waals surface area contributed by atoms with Crippen LogP contribution in [-0.2, 0) is 28.4 Å². The average Bonchev–Trinajstić information content (AvgIpc) is 3.04. The molecule has 0 atom stereocenters. The van der Waals surface area contributed by atoms with Crippen LogP contribution in [-0.4, -0.2) is 47.0 Å². The lowest BCUT2D eigenvalue weighted by Crippen LogP contribution is -2.30. The van der Waals surface area contributed by atoms with Gasteiger partial charge in [0.2, 0.25) is 15.9 Å². The van der Waals surface area contributed by atoms with E-state index in [0.29, 0.717) is 19.6 Å². The summed E-state index contributed by atoms with van der Waals surface area (Å²) in [6.07, 6.45) is 3.52. The molecular weight excluding hydrogens is 372 g/mol. The molecular formula is C17H24N4O3S2.